The number of phenols is 1. The molecule has 1 aromatic rings. The molecule has 0 spiro atoms. The van der Waals surface area contributed by atoms with Gasteiger partial charge in [-0.1, -0.05) is 39.3 Å². The minimum Gasteiger partial charge on any atom is -0.508 e. The van der Waals surface area contributed by atoms with Gasteiger partial charge >= 0.3 is 0 Å². The molecule has 1 aromatic carbocycles. The molecule has 25 heavy (non-hydrogen) atoms. The highest BCUT2D eigenvalue weighted by atomic mass is 16.3. The third kappa shape index (κ3) is 4.97. The maximum absolute atomic E-state index is 12.9. The maximum Gasteiger partial charge on any atom is 0.252 e. The minimum absolute atomic E-state index is 0.00428. The predicted octanol–water partition coefficient (Wildman–Crippen LogP) is 3.65. The van der Waals surface area contributed by atoms with Gasteiger partial charge in [0.25, 0.3) is 5.91 Å². The van der Waals surface area contributed by atoms with E-state index in [1.165, 1.54) is 0 Å². The highest BCUT2D eigenvalue weighted by molar-refractivity contribution is 5.85. The molecule has 3 N–H and O–H groups in total. The summed E-state index contributed by atoms with van der Waals surface area (Å²) in [5, 5.41) is 23.5. The molecule has 0 saturated heterocycles. The maximum atomic E-state index is 12.9. The molecular formula is C21H33NO3. The molecule has 4 atom stereocenters. The van der Waals surface area contributed by atoms with Gasteiger partial charge in [-0.25, -0.2) is 0 Å². The second kappa shape index (κ2) is 8.22. The Morgan fingerprint density at radius 2 is 1.88 bits per heavy atom. The van der Waals surface area contributed by atoms with Crippen molar-refractivity contribution in [3.63, 3.8) is 0 Å². The highest BCUT2D eigenvalue weighted by Gasteiger charge is 2.48. The number of nitrogens with one attached hydrogen (secondary N) is 1. The summed E-state index contributed by atoms with van der Waals surface area (Å²) >= 11 is 0. The lowest BCUT2D eigenvalue weighted by Crippen LogP contribution is -2.57. The molecule has 1 unspecified atom stereocenters. The van der Waals surface area contributed by atoms with Gasteiger partial charge < -0.3 is 15.5 Å². The number of benzene rings is 1. The Kier molecular flexibility index (Phi) is 6.50. The molecule has 1 aliphatic carbocycles. The second-order valence-corrected chi connectivity index (χ2v) is 8.24. The van der Waals surface area contributed by atoms with Crippen LogP contribution < -0.4 is 5.32 Å². The molecule has 0 heterocycles. The summed E-state index contributed by atoms with van der Waals surface area (Å²) in [5.74, 6) is 0.732. The van der Waals surface area contributed by atoms with Gasteiger partial charge in [0.2, 0.25) is 0 Å². The smallest absolute Gasteiger partial charge is 0.252 e. The molecule has 4 nitrogen and oxygen atoms in total. The summed E-state index contributed by atoms with van der Waals surface area (Å²) in [7, 11) is 0. The van der Waals surface area contributed by atoms with Crippen molar-refractivity contribution < 1.29 is 15.0 Å². The van der Waals surface area contributed by atoms with E-state index in [2.05, 4.69) is 26.1 Å². The van der Waals surface area contributed by atoms with Gasteiger partial charge in [-0.2, -0.15) is 0 Å². The monoisotopic (exact) mass is 347 g/mol. The van der Waals surface area contributed by atoms with Gasteiger partial charge in [-0.05, 0) is 68.1 Å². The number of carbonyl (C=O) groups excluding carboxylic acids is 1. The van der Waals surface area contributed by atoms with E-state index in [0.717, 1.165) is 31.2 Å². The first-order valence-electron chi connectivity index (χ1n) is 9.53. The molecule has 1 fully saturated rings. The summed E-state index contributed by atoms with van der Waals surface area (Å²) in [4.78, 5) is 12.9. The van der Waals surface area contributed by atoms with E-state index in [0.29, 0.717) is 12.3 Å². The second-order valence-electron chi connectivity index (χ2n) is 8.24. The fourth-order valence-electron chi connectivity index (χ4n) is 4.10. The van der Waals surface area contributed by atoms with Crippen LogP contribution in [0.15, 0.2) is 24.3 Å². The van der Waals surface area contributed by atoms with Crippen molar-refractivity contribution in [2.75, 3.05) is 0 Å². The number of rotatable bonds is 6. The van der Waals surface area contributed by atoms with Gasteiger partial charge in [-0.15, -0.1) is 0 Å². The predicted molar refractivity (Wildman–Crippen MR) is 100 cm³/mol. The van der Waals surface area contributed by atoms with Crippen molar-refractivity contribution in [1.82, 2.24) is 5.32 Å². The summed E-state index contributed by atoms with van der Waals surface area (Å²) in [6.45, 7) is 8.28. The van der Waals surface area contributed by atoms with Gasteiger partial charge in [-0.3, -0.25) is 4.79 Å². The molecule has 1 aliphatic rings. The number of carbonyl (C=O) groups is 1. The molecule has 0 bridgehead atoms. The number of aryl methyl sites for hydroxylation is 1. The number of hydrogen-bond acceptors (Lipinski definition) is 3. The lowest BCUT2D eigenvalue weighted by molar-refractivity contribution is -0.156. The van der Waals surface area contributed by atoms with Crippen molar-refractivity contribution >= 4 is 5.91 Å². The van der Waals surface area contributed by atoms with E-state index in [1.54, 1.807) is 12.1 Å². The topological polar surface area (TPSA) is 69.6 Å². The molecule has 140 valence electrons. The number of phenolic OH excluding ortho intramolecular Hbond substituents is 1. The molecule has 1 amide bonds. The lowest BCUT2D eigenvalue weighted by Gasteiger charge is -2.43. The van der Waals surface area contributed by atoms with Crippen LogP contribution in [0.25, 0.3) is 0 Å². The first-order chi connectivity index (χ1) is 11.7. The van der Waals surface area contributed by atoms with Crippen LogP contribution in [-0.2, 0) is 11.2 Å². The van der Waals surface area contributed by atoms with Gasteiger partial charge in [0.05, 0.1) is 0 Å². The first-order valence-corrected chi connectivity index (χ1v) is 9.53. The van der Waals surface area contributed by atoms with Crippen LogP contribution >= 0.6 is 0 Å². The molecule has 0 radical (unpaired) electrons. The van der Waals surface area contributed by atoms with Crippen molar-refractivity contribution in [3.05, 3.63) is 29.8 Å². The van der Waals surface area contributed by atoms with E-state index in [1.807, 2.05) is 19.1 Å². The van der Waals surface area contributed by atoms with E-state index in [4.69, 9.17) is 0 Å². The fourth-order valence-corrected chi connectivity index (χ4v) is 4.10. The molecule has 4 heteroatoms. The lowest BCUT2D eigenvalue weighted by atomic mass is 9.66. The van der Waals surface area contributed by atoms with E-state index in [-0.39, 0.29) is 29.5 Å². The third-order valence-corrected chi connectivity index (χ3v) is 5.62. The average Bonchev–Trinajstić information content (AvgIpc) is 2.53. The number of aliphatic hydroxyl groups is 1. The van der Waals surface area contributed by atoms with E-state index < -0.39 is 5.60 Å². The molecule has 2 rings (SSSR count). The van der Waals surface area contributed by atoms with Crippen molar-refractivity contribution in [2.24, 2.45) is 17.8 Å². The Morgan fingerprint density at radius 3 is 2.48 bits per heavy atom. The molecule has 0 aromatic heterocycles. The normalized spacial score (nSPS) is 27.9. The Morgan fingerprint density at radius 1 is 1.24 bits per heavy atom. The van der Waals surface area contributed by atoms with Crippen LogP contribution in [0.5, 0.6) is 5.75 Å². The number of hydrogen-bond donors (Lipinski definition) is 3. The van der Waals surface area contributed by atoms with Gasteiger partial charge in [0.15, 0.2) is 0 Å². The van der Waals surface area contributed by atoms with Crippen LogP contribution in [0.4, 0.5) is 0 Å². The molecular weight excluding hydrogens is 314 g/mol. The van der Waals surface area contributed by atoms with Crippen LogP contribution in [0.2, 0.25) is 0 Å². The highest BCUT2D eigenvalue weighted by Crippen LogP contribution is 2.41. The Labute approximate surface area is 151 Å². The zero-order valence-corrected chi connectivity index (χ0v) is 16.0. The fraction of sp³-hybridized carbons (Fsp3) is 0.667. The van der Waals surface area contributed by atoms with Crippen molar-refractivity contribution in [3.8, 4) is 5.75 Å². The van der Waals surface area contributed by atoms with Crippen LogP contribution in [0.3, 0.4) is 0 Å². The standard InChI is InChI=1S/C21H33NO3/c1-14(2)19-12-5-15(3)13-21(19,25)20(24)22-16(4)6-7-17-8-10-18(23)11-9-17/h8-11,14-16,19,23,25H,5-7,12-13H2,1-4H3,(H,22,24)/t15-,16?,19+,21+/m1/s1. The zero-order chi connectivity index (χ0) is 18.6. The third-order valence-electron chi connectivity index (χ3n) is 5.62. The summed E-state index contributed by atoms with van der Waals surface area (Å²) in [6, 6.07) is 7.15. The van der Waals surface area contributed by atoms with Gasteiger partial charge in [0, 0.05) is 6.04 Å². The SMILES string of the molecule is CC(CCc1ccc(O)cc1)NC(=O)[C@]1(O)C[C@H](C)CC[C@H]1C(C)C. The largest absolute Gasteiger partial charge is 0.508 e. The van der Waals surface area contributed by atoms with Gasteiger partial charge in [0.1, 0.15) is 11.4 Å². The average molecular weight is 347 g/mol. The minimum atomic E-state index is -1.25. The van der Waals surface area contributed by atoms with E-state index in [9.17, 15) is 15.0 Å². The number of aromatic hydroxyl groups is 1. The summed E-state index contributed by atoms with van der Waals surface area (Å²) in [5.41, 5.74) is -0.123. The van der Waals surface area contributed by atoms with E-state index >= 15 is 0 Å². The van der Waals surface area contributed by atoms with Crippen LogP contribution in [0.1, 0.15) is 58.9 Å². The Bertz CT molecular complexity index is 569. The summed E-state index contributed by atoms with van der Waals surface area (Å²) in [6.07, 6.45) is 4.16. The first kappa shape index (κ1) is 19.8. The van der Waals surface area contributed by atoms with Crippen molar-refractivity contribution in [1.29, 1.82) is 0 Å². The van der Waals surface area contributed by atoms with Crippen LogP contribution in [0, 0.1) is 17.8 Å². The molecule has 1 saturated carbocycles. The van der Waals surface area contributed by atoms with Crippen molar-refractivity contribution in [2.45, 2.75) is 71.4 Å². The van der Waals surface area contributed by atoms with Crippen LogP contribution in [-0.4, -0.2) is 27.8 Å². The quantitative estimate of drug-likeness (QED) is 0.735. The Balaban J connectivity index is 1.95. The summed E-state index contributed by atoms with van der Waals surface area (Å²) < 4.78 is 0. The molecule has 0 aliphatic heterocycles. The zero-order valence-electron chi connectivity index (χ0n) is 16.0. The number of amides is 1. The Hall–Kier alpha value is -1.55.